The minimum atomic E-state index is -1.22. The number of rotatable bonds is 1. The second kappa shape index (κ2) is 5.60. The number of carbonyl (C=O) groups is 1. The minimum Gasteiger partial charge on any atom is -0.478 e. The van der Waals surface area contributed by atoms with Crippen molar-refractivity contribution < 1.29 is 9.90 Å². The average molecular weight is 393 g/mol. The van der Waals surface area contributed by atoms with E-state index in [1.54, 1.807) is 0 Å². The summed E-state index contributed by atoms with van der Waals surface area (Å²) < 4.78 is 0. The van der Waals surface area contributed by atoms with Gasteiger partial charge in [0.05, 0.1) is 35.7 Å². The molecule has 1 N–H and O–H groups in total. The second-order valence-electron chi connectivity index (χ2n) is 3.94. The Morgan fingerprint density at radius 2 is 1.15 bits per heavy atom. The van der Waals surface area contributed by atoms with Gasteiger partial charge in [0.15, 0.2) is 0 Å². The first-order chi connectivity index (χ1) is 9.20. The van der Waals surface area contributed by atoms with Gasteiger partial charge in [0.1, 0.15) is 0 Å². The minimum absolute atomic E-state index is 0.00506. The van der Waals surface area contributed by atoms with Gasteiger partial charge in [-0.15, -0.1) is 0 Å². The Morgan fingerprint density at radius 3 is 1.60 bits per heavy atom. The number of carboxylic acid groups (broad SMARTS) is 1. The fourth-order valence-corrected chi connectivity index (χ4v) is 3.52. The molecule has 0 saturated carbocycles. The van der Waals surface area contributed by atoms with Gasteiger partial charge in [0.25, 0.3) is 0 Å². The summed E-state index contributed by atoms with van der Waals surface area (Å²) in [7, 11) is 0. The molecule has 2 aromatic carbocycles. The maximum absolute atomic E-state index is 11.5. The van der Waals surface area contributed by atoms with Crippen molar-refractivity contribution in [2.75, 3.05) is 0 Å². The van der Waals surface area contributed by atoms with E-state index in [0.29, 0.717) is 0 Å². The normalized spacial score (nSPS) is 11.2. The predicted molar refractivity (Wildman–Crippen MR) is 85.7 cm³/mol. The Balaban J connectivity index is 3.27. The number of aromatic carboxylic acids is 1. The van der Waals surface area contributed by atoms with E-state index in [1.807, 2.05) is 0 Å². The number of hydrogen-bond donors (Lipinski definition) is 1. The molecule has 0 spiro atoms. The van der Waals surface area contributed by atoms with Crippen LogP contribution in [0, 0.1) is 6.92 Å². The molecule has 2 nitrogen and oxygen atoms in total. The molecule has 2 aromatic rings. The fraction of sp³-hybridized carbons (Fsp3) is 0.0833. The first kappa shape index (κ1) is 16.3. The van der Waals surface area contributed by atoms with Crippen LogP contribution in [0.5, 0.6) is 0 Å². The molecule has 0 bridgehead atoms. The van der Waals surface area contributed by atoms with E-state index in [0.717, 1.165) is 0 Å². The Bertz CT molecular complexity index is 761. The summed E-state index contributed by atoms with van der Waals surface area (Å²) >= 11 is 36.3. The molecule has 0 fully saturated rings. The van der Waals surface area contributed by atoms with Gasteiger partial charge in [-0.25, -0.2) is 4.79 Å². The second-order valence-corrected chi connectivity index (χ2v) is 6.21. The lowest BCUT2D eigenvalue weighted by molar-refractivity contribution is 0.0698. The first-order valence-corrected chi connectivity index (χ1v) is 7.33. The van der Waals surface area contributed by atoms with Crippen molar-refractivity contribution in [1.29, 1.82) is 0 Å². The van der Waals surface area contributed by atoms with E-state index in [1.165, 1.54) is 6.92 Å². The molecule has 8 heteroatoms. The van der Waals surface area contributed by atoms with Crippen molar-refractivity contribution in [3.63, 3.8) is 0 Å². The number of fused-ring (bicyclic) bond motifs is 1. The van der Waals surface area contributed by atoms with Gasteiger partial charge in [0, 0.05) is 10.8 Å². The molecule has 0 unspecified atom stereocenters. The lowest BCUT2D eigenvalue weighted by Gasteiger charge is -2.16. The molecule has 0 aliphatic carbocycles. The summed E-state index contributed by atoms with van der Waals surface area (Å²) in [4.78, 5) is 11.5. The van der Waals surface area contributed by atoms with E-state index in [9.17, 15) is 9.90 Å². The van der Waals surface area contributed by atoms with Crippen LogP contribution in [0.25, 0.3) is 10.8 Å². The van der Waals surface area contributed by atoms with Gasteiger partial charge in [-0.2, -0.15) is 0 Å². The summed E-state index contributed by atoms with van der Waals surface area (Å²) in [5, 5.41) is 9.74. The Hall–Kier alpha value is -0.0900. The monoisotopic (exact) mass is 390 g/mol. The first-order valence-electron chi connectivity index (χ1n) is 5.06. The van der Waals surface area contributed by atoms with E-state index < -0.39 is 5.97 Å². The third kappa shape index (κ3) is 2.23. The molecule has 0 aliphatic heterocycles. The molecule has 106 valence electrons. The largest absolute Gasteiger partial charge is 0.478 e. The SMILES string of the molecule is Cc1c(Cl)c(Cl)c2c(Cl)c(Cl)c(Cl)c(Cl)c2c1C(=O)O. The van der Waals surface area contributed by atoms with Gasteiger partial charge in [-0.1, -0.05) is 69.6 Å². The summed E-state index contributed by atoms with van der Waals surface area (Å²) in [5.41, 5.74) is 0.160. The zero-order valence-electron chi connectivity index (χ0n) is 9.62. The van der Waals surface area contributed by atoms with Crippen LogP contribution in [0.4, 0.5) is 0 Å². The molecule has 0 aromatic heterocycles. The Kier molecular flexibility index (Phi) is 4.56. The van der Waals surface area contributed by atoms with Crippen molar-refractivity contribution in [2.45, 2.75) is 6.92 Å². The quantitative estimate of drug-likeness (QED) is 0.429. The molecule has 0 heterocycles. The molecular formula is C12H4Cl6O2. The van der Waals surface area contributed by atoms with Crippen LogP contribution in [0.2, 0.25) is 30.1 Å². The molecular weight excluding hydrogens is 389 g/mol. The number of carboxylic acids is 1. The van der Waals surface area contributed by atoms with Crippen molar-refractivity contribution in [3.05, 3.63) is 41.3 Å². The van der Waals surface area contributed by atoms with Crippen molar-refractivity contribution in [1.82, 2.24) is 0 Å². The summed E-state index contributed by atoms with van der Waals surface area (Å²) in [6.07, 6.45) is 0. The zero-order valence-corrected chi connectivity index (χ0v) is 14.2. The Morgan fingerprint density at radius 1 is 0.750 bits per heavy atom. The molecule has 2 rings (SSSR count). The van der Waals surface area contributed by atoms with Crippen LogP contribution in [-0.4, -0.2) is 11.1 Å². The smallest absolute Gasteiger partial charge is 0.336 e. The number of halogens is 6. The number of hydrogen-bond acceptors (Lipinski definition) is 1. The maximum atomic E-state index is 11.5. The highest BCUT2D eigenvalue weighted by Crippen LogP contribution is 2.49. The van der Waals surface area contributed by atoms with Gasteiger partial charge in [-0.3, -0.25) is 0 Å². The standard InChI is InChI=1S/C12H4Cl6O2/c1-2-3(12(19)20)4-5(8(15)6(2)13)9(16)11(18)10(17)7(4)14/h1H3,(H,19,20). The van der Waals surface area contributed by atoms with Gasteiger partial charge in [-0.05, 0) is 12.5 Å². The number of benzene rings is 2. The summed E-state index contributed by atoms with van der Waals surface area (Å²) in [6, 6.07) is 0. The van der Waals surface area contributed by atoms with Crippen LogP contribution in [0.15, 0.2) is 0 Å². The Labute approximate surface area is 144 Å². The van der Waals surface area contributed by atoms with Crippen LogP contribution in [-0.2, 0) is 0 Å². The van der Waals surface area contributed by atoms with Crippen LogP contribution in [0.1, 0.15) is 15.9 Å². The summed E-state index contributed by atoms with van der Waals surface area (Å²) in [5.74, 6) is -1.22. The third-order valence-electron chi connectivity index (χ3n) is 2.85. The highest BCUT2D eigenvalue weighted by molar-refractivity contribution is 6.58. The van der Waals surface area contributed by atoms with E-state index in [2.05, 4.69) is 0 Å². The fourth-order valence-electron chi connectivity index (χ4n) is 1.91. The van der Waals surface area contributed by atoms with Gasteiger partial charge < -0.3 is 5.11 Å². The molecule has 20 heavy (non-hydrogen) atoms. The van der Waals surface area contributed by atoms with Crippen molar-refractivity contribution in [2.24, 2.45) is 0 Å². The van der Waals surface area contributed by atoms with E-state index in [4.69, 9.17) is 69.6 Å². The molecule has 0 aliphatic rings. The van der Waals surface area contributed by atoms with Crippen LogP contribution >= 0.6 is 69.6 Å². The summed E-state index contributed by atoms with van der Waals surface area (Å²) in [6.45, 7) is 1.52. The molecule has 0 saturated heterocycles. The predicted octanol–water partition coefficient (Wildman–Crippen LogP) is 6.77. The highest BCUT2D eigenvalue weighted by atomic mass is 35.5. The van der Waals surface area contributed by atoms with Crippen LogP contribution < -0.4 is 0 Å². The van der Waals surface area contributed by atoms with Crippen molar-refractivity contribution >= 4 is 86.3 Å². The van der Waals surface area contributed by atoms with E-state index >= 15 is 0 Å². The molecule has 0 amide bonds. The van der Waals surface area contributed by atoms with Gasteiger partial charge >= 0.3 is 5.97 Å². The lowest BCUT2D eigenvalue weighted by atomic mass is 9.99. The zero-order chi connectivity index (χ0) is 15.4. The lowest BCUT2D eigenvalue weighted by Crippen LogP contribution is -2.03. The topological polar surface area (TPSA) is 37.3 Å². The van der Waals surface area contributed by atoms with Crippen molar-refractivity contribution in [3.8, 4) is 0 Å². The third-order valence-corrected chi connectivity index (χ3v) is 5.60. The molecule has 0 radical (unpaired) electrons. The maximum Gasteiger partial charge on any atom is 0.336 e. The van der Waals surface area contributed by atoms with E-state index in [-0.39, 0.29) is 52.0 Å². The highest BCUT2D eigenvalue weighted by Gasteiger charge is 2.26. The van der Waals surface area contributed by atoms with Gasteiger partial charge in [0.2, 0.25) is 0 Å². The molecule has 0 atom stereocenters. The van der Waals surface area contributed by atoms with Crippen LogP contribution in [0.3, 0.4) is 0 Å². The average Bonchev–Trinajstić information content (AvgIpc) is 2.39.